The Labute approximate surface area is 131 Å². The monoisotopic (exact) mass is 311 g/mol. The van der Waals surface area contributed by atoms with Gasteiger partial charge >= 0.3 is 6.03 Å². The highest BCUT2D eigenvalue weighted by Crippen LogP contribution is 2.21. The average Bonchev–Trinajstić information content (AvgIpc) is 2.54. The molecule has 3 aromatic rings. The number of fused-ring (bicyclic) bond motifs is 1. The molecule has 7 heteroatoms. The number of primary amides is 1. The van der Waals surface area contributed by atoms with Crippen molar-refractivity contribution in [3.8, 4) is 0 Å². The summed E-state index contributed by atoms with van der Waals surface area (Å²) in [6.07, 6.45) is 1.33. The molecule has 116 valence electrons. The number of amides is 2. The third-order valence-corrected chi connectivity index (χ3v) is 3.30. The smallest absolute Gasteiger partial charge is 0.316 e. The fraction of sp³-hybridized carbons (Fsp3) is 0.0625. The minimum Gasteiger partial charge on any atom is -0.365 e. The number of anilines is 2. The van der Waals surface area contributed by atoms with Gasteiger partial charge < -0.3 is 16.4 Å². The molecule has 0 aliphatic rings. The van der Waals surface area contributed by atoms with Crippen LogP contribution in [0.5, 0.6) is 0 Å². The number of hydrogen-bond acceptors (Lipinski definition) is 4. The van der Waals surface area contributed by atoms with E-state index < -0.39 is 6.03 Å². The lowest BCUT2D eigenvalue weighted by Crippen LogP contribution is -2.19. The number of hydrogen-bond donors (Lipinski definition) is 3. The van der Waals surface area contributed by atoms with Gasteiger partial charge in [-0.25, -0.2) is 19.2 Å². The van der Waals surface area contributed by atoms with Gasteiger partial charge in [-0.15, -0.1) is 0 Å². The lowest BCUT2D eigenvalue weighted by Gasteiger charge is -2.09. The Balaban J connectivity index is 1.76. The van der Waals surface area contributed by atoms with Crippen LogP contribution < -0.4 is 16.4 Å². The predicted molar refractivity (Wildman–Crippen MR) is 86.5 cm³/mol. The van der Waals surface area contributed by atoms with Crippen LogP contribution >= 0.6 is 0 Å². The number of benzene rings is 2. The Morgan fingerprint density at radius 2 is 1.91 bits per heavy atom. The molecular formula is C16H14FN5O. The van der Waals surface area contributed by atoms with Crippen LogP contribution in [0.4, 0.5) is 20.7 Å². The minimum atomic E-state index is -0.606. The molecule has 2 aromatic carbocycles. The SMILES string of the molecule is NC(=O)Nc1ccc(CNc2ncnc3c(F)cccc23)cc1. The molecule has 1 heterocycles. The summed E-state index contributed by atoms with van der Waals surface area (Å²) in [5.41, 5.74) is 6.93. The molecule has 0 saturated carbocycles. The number of nitrogens with two attached hydrogens (primary N) is 1. The highest BCUT2D eigenvalue weighted by molar-refractivity contribution is 5.89. The first-order valence-corrected chi connectivity index (χ1v) is 6.92. The molecule has 3 rings (SSSR count). The molecule has 4 N–H and O–H groups in total. The fourth-order valence-electron chi connectivity index (χ4n) is 2.23. The number of halogens is 1. The molecule has 0 unspecified atom stereocenters. The molecule has 2 amide bonds. The maximum absolute atomic E-state index is 13.7. The second kappa shape index (κ2) is 6.27. The highest BCUT2D eigenvalue weighted by atomic mass is 19.1. The topological polar surface area (TPSA) is 92.9 Å². The molecule has 0 radical (unpaired) electrons. The maximum atomic E-state index is 13.7. The summed E-state index contributed by atoms with van der Waals surface area (Å²) >= 11 is 0. The lowest BCUT2D eigenvalue weighted by molar-refractivity contribution is 0.259. The van der Waals surface area contributed by atoms with E-state index in [9.17, 15) is 9.18 Å². The molecule has 23 heavy (non-hydrogen) atoms. The molecular weight excluding hydrogens is 297 g/mol. The minimum absolute atomic E-state index is 0.283. The first kappa shape index (κ1) is 14.7. The molecule has 0 aliphatic carbocycles. The Morgan fingerprint density at radius 3 is 2.65 bits per heavy atom. The van der Waals surface area contributed by atoms with Crippen molar-refractivity contribution in [2.75, 3.05) is 10.6 Å². The van der Waals surface area contributed by atoms with E-state index in [-0.39, 0.29) is 11.3 Å². The number of carbonyl (C=O) groups is 1. The highest BCUT2D eigenvalue weighted by Gasteiger charge is 2.07. The zero-order chi connectivity index (χ0) is 16.2. The summed E-state index contributed by atoms with van der Waals surface area (Å²) in [5.74, 6) is 0.184. The third-order valence-electron chi connectivity index (χ3n) is 3.30. The number of carbonyl (C=O) groups excluding carboxylic acids is 1. The van der Waals surface area contributed by atoms with Gasteiger partial charge in [-0.2, -0.15) is 0 Å². The summed E-state index contributed by atoms with van der Waals surface area (Å²) < 4.78 is 13.7. The van der Waals surface area contributed by atoms with Crippen molar-refractivity contribution in [3.63, 3.8) is 0 Å². The number of aromatic nitrogens is 2. The van der Waals surface area contributed by atoms with Crippen molar-refractivity contribution in [3.05, 3.63) is 60.2 Å². The summed E-state index contributed by atoms with van der Waals surface area (Å²) in [6, 6.07) is 11.3. The van der Waals surface area contributed by atoms with Gasteiger partial charge in [-0.1, -0.05) is 18.2 Å². The fourth-order valence-corrected chi connectivity index (χ4v) is 2.23. The lowest BCUT2D eigenvalue weighted by atomic mass is 10.2. The molecule has 0 fully saturated rings. The zero-order valence-corrected chi connectivity index (χ0v) is 12.1. The van der Waals surface area contributed by atoms with Crippen molar-refractivity contribution in [2.45, 2.75) is 6.54 Å². The van der Waals surface area contributed by atoms with Crippen molar-refractivity contribution in [1.29, 1.82) is 0 Å². The van der Waals surface area contributed by atoms with Gasteiger partial charge in [0.05, 0.1) is 0 Å². The second-order valence-corrected chi connectivity index (χ2v) is 4.90. The van der Waals surface area contributed by atoms with Crippen molar-refractivity contribution in [2.24, 2.45) is 5.73 Å². The van der Waals surface area contributed by atoms with Crippen LogP contribution in [0.1, 0.15) is 5.56 Å². The van der Waals surface area contributed by atoms with Gasteiger partial charge in [0, 0.05) is 17.6 Å². The Morgan fingerprint density at radius 1 is 1.13 bits per heavy atom. The van der Waals surface area contributed by atoms with E-state index in [1.165, 1.54) is 12.4 Å². The molecule has 6 nitrogen and oxygen atoms in total. The van der Waals surface area contributed by atoms with E-state index in [1.807, 2.05) is 12.1 Å². The Kier molecular flexibility index (Phi) is 4.01. The van der Waals surface area contributed by atoms with Gasteiger partial charge in [-0.3, -0.25) is 0 Å². The van der Waals surface area contributed by atoms with Crippen LogP contribution in [0.15, 0.2) is 48.8 Å². The van der Waals surface area contributed by atoms with E-state index in [4.69, 9.17) is 5.73 Å². The average molecular weight is 311 g/mol. The quantitative estimate of drug-likeness (QED) is 0.690. The third kappa shape index (κ3) is 3.34. The van der Waals surface area contributed by atoms with E-state index in [0.717, 1.165) is 5.56 Å². The maximum Gasteiger partial charge on any atom is 0.316 e. The van der Waals surface area contributed by atoms with E-state index in [0.29, 0.717) is 23.4 Å². The molecule has 0 saturated heterocycles. The largest absolute Gasteiger partial charge is 0.365 e. The first-order chi connectivity index (χ1) is 11.1. The number of urea groups is 1. The van der Waals surface area contributed by atoms with Gasteiger partial charge in [-0.05, 0) is 29.8 Å². The summed E-state index contributed by atoms with van der Waals surface area (Å²) in [5, 5.41) is 6.28. The number of nitrogens with zero attached hydrogens (tertiary/aromatic N) is 2. The van der Waals surface area contributed by atoms with Crippen molar-refractivity contribution >= 4 is 28.4 Å². The molecule has 0 spiro atoms. The van der Waals surface area contributed by atoms with Gasteiger partial charge in [0.25, 0.3) is 0 Å². The number of rotatable bonds is 4. The summed E-state index contributed by atoms with van der Waals surface area (Å²) in [4.78, 5) is 18.9. The second-order valence-electron chi connectivity index (χ2n) is 4.90. The van der Waals surface area contributed by atoms with Crippen LogP contribution in [0.25, 0.3) is 10.9 Å². The number of nitrogens with one attached hydrogen (secondary N) is 2. The van der Waals surface area contributed by atoms with Crippen LogP contribution in [0, 0.1) is 5.82 Å². The molecule has 0 aliphatic heterocycles. The van der Waals surface area contributed by atoms with E-state index in [1.54, 1.807) is 24.3 Å². The predicted octanol–water partition coefficient (Wildman–Crippen LogP) is 2.87. The zero-order valence-electron chi connectivity index (χ0n) is 12.1. The van der Waals surface area contributed by atoms with E-state index in [2.05, 4.69) is 20.6 Å². The number of para-hydroxylation sites is 1. The van der Waals surface area contributed by atoms with Gasteiger partial charge in [0.2, 0.25) is 0 Å². The van der Waals surface area contributed by atoms with Gasteiger partial charge in [0.1, 0.15) is 23.5 Å². The molecule has 0 bridgehead atoms. The Bertz CT molecular complexity index is 851. The van der Waals surface area contributed by atoms with Crippen LogP contribution in [-0.4, -0.2) is 16.0 Å². The van der Waals surface area contributed by atoms with Crippen LogP contribution in [0.2, 0.25) is 0 Å². The van der Waals surface area contributed by atoms with Crippen molar-refractivity contribution < 1.29 is 9.18 Å². The standard InChI is InChI=1S/C16H14FN5O/c17-13-3-1-2-12-14(13)20-9-21-15(12)19-8-10-4-6-11(7-5-10)22-16(18)23/h1-7,9H,8H2,(H3,18,22,23)(H,19,20,21). The summed E-state index contributed by atoms with van der Waals surface area (Å²) in [6.45, 7) is 0.499. The Hall–Kier alpha value is -3.22. The molecule has 1 aromatic heterocycles. The van der Waals surface area contributed by atoms with Gasteiger partial charge in [0.15, 0.2) is 0 Å². The normalized spacial score (nSPS) is 10.5. The first-order valence-electron chi connectivity index (χ1n) is 6.92. The van der Waals surface area contributed by atoms with Crippen LogP contribution in [0.3, 0.4) is 0 Å². The van der Waals surface area contributed by atoms with E-state index >= 15 is 0 Å². The molecule has 0 atom stereocenters. The summed E-state index contributed by atoms with van der Waals surface area (Å²) in [7, 11) is 0. The van der Waals surface area contributed by atoms with Crippen molar-refractivity contribution in [1.82, 2.24) is 9.97 Å². The van der Waals surface area contributed by atoms with Crippen LogP contribution in [-0.2, 0) is 6.54 Å².